The molecule has 0 atom stereocenters. The summed E-state index contributed by atoms with van der Waals surface area (Å²) in [5.41, 5.74) is 2.75. The van der Waals surface area contributed by atoms with E-state index in [1.54, 1.807) is 0 Å². The second-order valence-electron chi connectivity index (χ2n) is 4.68. The number of hydrogen-bond donors (Lipinski definition) is 0. The fourth-order valence-corrected chi connectivity index (χ4v) is 2.08. The van der Waals surface area contributed by atoms with E-state index in [9.17, 15) is 0 Å². The van der Waals surface area contributed by atoms with Gasteiger partial charge in [0.1, 0.15) is 0 Å². The Kier molecular flexibility index (Phi) is 8.32. The van der Waals surface area contributed by atoms with Crippen molar-refractivity contribution < 1.29 is 0 Å². The molecule has 0 aliphatic carbocycles. The van der Waals surface area contributed by atoms with E-state index in [-0.39, 0.29) is 0 Å². The lowest BCUT2D eigenvalue weighted by Crippen LogP contribution is -2.19. The molecule has 0 aliphatic rings. The van der Waals surface area contributed by atoms with Crippen LogP contribution in [0.3, 0.4) is 0 Å². The van der Waals surface area contributed by atoms with Crippen molar-refractivity contribution in [3.8, 4) is 0 Å². The highest BCUT2D eigenvalue weighted by molar-refractivity contribution is 5.14. The molecule has 0 saturated carbocycles. The van der Waals surface area contributed by atoms with Crippen molar-refractivity contribution in [3.63, 3.8) is 0 Å². The predicted octanol–water partition coefficient (Wildman–Crippen LogP) is 4.17. The third kappa shape index (κ3) is 6.48. The summed E-state index contributed by atoms with van der Waals surface area (Å²) in [6.45, 7) is 6.12. The molecule has 2 rings (SSSR count). The Morgan fingerprint density at radius 3 is 2.20 bits per heavy atom. The number of aryl methyl sites for hydroxylation is 1. The quantitative estimate of drug-likeness (QED) is 0.783. The van der Waals surface area contributed by atoms with E-state index in [0.717, 1.165) is 19.5 Å². The summed E-state index contributed by atoms with van der Waals surface area (Å²) in [5.74, 6) is 0. The van der Waals surface area contributed by atoms with Gasteiger partial charge in [0.2, 0.25) is 0 Å². The van der Waals surface area contributed by atoms with Crippen molar-refractivity contribution in [1.29, 1.82) is 0 Å². The number of pyridine rings is 1. The van der Waals surface area contributed by atoms with E-state index in [2.05, 4.69) is 59.4 Å². The van der Waals surface area contributed by atoms with Gasteiger partial charge >= 0.3 is 0 Å². The zero-order valence-electron chi connectivity index (χ0n) is 12.9. The van der Waals surface area contributed by atoms with Gasteiger partial charge in [-0.25, -0.2) is 0 Å². The fraction of sp³-hybridized carbons (Fsp3) is 0.389. The highest BCUT2D eigenvalue weighted by Crippen LogP contribution is 2.05. The summed E-state index contributed by atoms with van der Waals surface area (Å²) < 4.78 is 0. The van der Waals surface area contributed by atoms with Gasteiger partial charge in [0, 0.05) is 18.9 Å². The molecule has 0 aliphatic heterocycles. The first-order valence-electron chi connectivity index (χ1n) is 7.46. The molecule has 108 valence electrons. The average Bonchev–Trinajstić information content (AvgIpc) is 2.51. The third-order valence-corrected chi connectivity index (χ3v) is 3.05. The SMILES string of the molecule is CC.CN(CCCc1ccccc1)Cc1ccncc1. The Hall–Kier alpha value is -1.67. The molecule has 0 bridgehead atoms. The molecule has 1 aromatic carbocycles. The van der Waals surface area contributed by atoms with E-state index in [4.69, 9.17) is 0 Å². The van der Waals surface area contributed by atoms with Crippen LogP contribution in [-0.2, 0) is 13.0 Å². The first-order valence-corrected chi connectivity index (χ1v) is 7.46. The summed E-state index contributed by atoms with van der Waals surface area (Å²) in [7, 11) is 2.17. The van der Waals surface area contributed by atoms with Gasteiger partial charge in [-0.3, -0.25) is 4.98 Å². The summed E-state index contributed by atoms with van der Waals surface area (Å²) in [6.07, 6.45) is 6.06. The Morgan fingerprint density at radius 2 is 1.55 bits per heavy atom. The van der Waals surface area contributed by atoms with Crippen molar-refractivity contribution in [2.75, 3.05) is 13.6 Å². The van der Waals surface area contributed by atoms with Crippen LogP contribution in [0.1, 0.15) is 31.4 Å². The third-order valence-electron chi connectivity index (χ3n) is 3.05. The van der Waals surface area contributed by atoms with E-state index in [1.165, 1.54) is 17.5 Å². The van der Waals surface area contributed by atoms with Gasteiger partial charge in [0.05, 0.1) is 0 Å². The molecule has 2 heteroatoms. The Labute approximate surface area is 123 Å². The summed E-state index contributed by atoms with van der Waals surface area (Å²) in [4.78, 5) is 6.40. The summed E-state index contributed by atoms with van der Waals surface area (Å²) >= 11 is 0. The molecule has 0 amide bonds. The zero-order valence-corrected chi connectivity index (χ0v) is 12.9. The number of benzene rings is 1. The molecule has 0 unspecified atom stereocenters. The number of nitrogens with zero attached hydrogens (tertiary/aromatic N) is 2. The van der Waals surface area contributed by atoms with E-state index >= 15 is 0 Å². The largest absolute Gasteiger partial charge is 0.302 e. The smallest absolute Gasteiger partial charge is 0.0271 e. The van der Waals surface area contributed by atoms with Crippen LogP contribution in [0.2, 0.25) is 0 Å². The molecule has 0 N–H and O–H groups in total. The summed E-state index contributed by atoms with van der Waals surface area (Å²) in [5, 5.41) is 0. The van der Waals surface area contributed by atoms with Crippen LogP contribution in [0.5, 0.6) is 0 Å². The maximum Gasteiger partial charge on any atom is 0.0271 e. The molecule has 1 heterocycles. The number of rotatable bonds is 6. The average molecular weight is 270 g/mol. The number of aromatic nitrogens is 1. The minimum absolute atomic E-state index is 0.997. The van der Waals surface area contributed by atoms with Crippen LogP contribution in [-0.4, -0.2) is 23.5 Å². The number of hydrogen-bond acceptors (Lipinski definition) is 2. The van der Waals surface area contributed by atoms with Gasteiger partial charge in [0.25, 0.3) is 0 Å². The zero-order chi connectivity index (χ0) is 14.6. The van der Waals surface area contributed by atoms with E-state index in [1.807, 2.05) is 26.2 Å². The van der Waals surface area contributed by atoms with E-state index < -0.39 is 0 Å². The van der Waals surface area contributed by atoms with Gasteiger partial charge in [-0.05, 0) is 49.7 Å². The first kappa shape index (κ1) is 16.4. The van der Waals surface area contributed by atoms with Crippen LogP contribution >= 0.6 is 0 Å². The maximum absolute atomic E-state index is 4.04. The molecular formula is C18H26N2. The lowest BCUT2D eigenvalue weighted by atomic mass is 10.1. The Bertz CT molecular complexity index is 439. The highest BCUT2D eigenvalue weighted by Gasteiger charge is 2.00. The highest BCUT2D eigenvalue weighted by atomic mass is 15.1. The molecule has 2 nitrogen and oxygen atoms in total. The molecule has 20 heavy (non-hydrogen) atoms. The normalized spacial score (nSPS) is 10.0. The topological polar surface area (TPSA) is 16.1 Å². The van der Waals surface area contributed by atoms with Crippen molar-refractivity contribution in [1.82, 2.24) is 9.88 Å². The Morgan fingerprint density at radius 1 is 0.900 bits per heavy atom. The van der Waals surface area contributed by atoms with Gasteiger partial charge in [-0.15, -0.1) is 0 Å². The van der Waals surface area contributed by atoms with Crippen LogP contribution in [0, 0.1) is 0 Å². The van der Waals surface area contributed by atoms with Gasteiger partial charge in [-0.1, -0.05) is 44.2 Å². The molecular weight excluding hydrogens is 244 g/mol. The maximum atomic E-state index is 4.04. The minimum atomic E-state index is 0.997. The van der Waals surface area contributed by atoms with Crippen LogP contribution in [0.25, 0.3) is 0 Å². The molecule has 2 aromatic rings. The monoisotopic (exact) mass is 270 g/mol. The molecule has 0 spiro atoms. The molecule has 0 saturated heterocycles. The van der Waals surface area contributed by atoms with Crippen molar-refractivity contribution >= 4 is 0 Å². The van der Waals surface area contributed by atoms with Gasteiger partial charge in [0.15, 0.2) is 0 Å². The van der Waals surface area contributed by atoms with Gasteiger partial charge < -0.3 is 4.90 Å². The standard InChI is InChI=1S/C16H20N2.C2H6/c1-18(14-16-9-11-17-12-10-16)13-5-8-15-6-3-2-4-7-15;1-2/h2-4,6-7,9-12H,5,8,13-14H2,1H3;1-2H3. The lowest BCUT2D eigenvalue weighted by Gasteiger charge is -2.16. The second-order valence-corrected chi connectivity index (χ2v) is 4.68. The van der Waals surface area contributed by atoms with Crippen LogP contribution in [0.4, 0.5) is 0 Å². The van der Waals surface area contributed by atoms with Crippen LogP contribution < -0.4 is 0 Å². The summed E-state index contributed by atoms with van der Waals surface area (Å²) in [6, 6.07) is 14.8. The molecule has 1 aromatic heterocycles. The molecule has 0 radical (unpaired) electrons. The van der Waals surface area contributed by atoms with Crippen molar-refractivity contribution in [3.05, 3.63) is 66.0 Å². The molecule has 0 fully saturated rings. The Balaban J connectivity index is 0.000000956. The van der Waals surface area contributed by atoms with Crippen molar-refractivity contribution in [2.45, 2.75) is 33.2 Å². The minimum Gasteiger partial charge on any atom is -0.302 e. The van der Waals surface area contributed by atoms with Crippen molar-refractivity contribution in [2.24, 2.45) is 0 Å². The van der Waals surface area contributed by atoms with Crippen LogP contribution in [0.15, 0.2) is 54.9 Å². The van der Waals surface area contributed by atoms with E-state index in [0.29, 0.717) is 0 Å². The van der Waals surface area contributed by atoms with Gasteiger partial charge in [-0.2, -0.15) is 0 Å². The first-order chi connectivity index (χ1) is 9.84. The lowest BCUT2D eigenvalue weighted by molar-refractivity contribution is 0.322. The second kappa shape index (κ2) is 10.2. The fourth-order valence-electron chi connectivity index (χ4n) is 2.08. The predicted molar refractivity (Wildman–Crippen MR) is 86.7 cm³/mol.